The van der Waals surface area contributed by atoms with E-state index < -0.39 is 12.3 Å². The van der Waals surface area contributed by atoms with Crippen LogP contribution in [0.5, 0.6) is 0 Å². The van der Waals surface area contributed by atoms with Crippen LogP contribution < -0.4 is 0 Å². The molecule has 1 N–H and O–H groups in total. The number of ether oxygens (including phenoxy) is 1. The third-order valence-electron chi connectivity index (χ3n) is 2.36. The first-order valence-corrected chi connectivity index (χ1v) is 4.64. The van der Waals surface area contributed by atoms with Gasteiger partial charge < -0.3 is 9.84 Å². The summed E-state index contributed by atoms with van der Waals surface area (Å²) in [5.41, 5.74) is 0. The zero-order valence-electron chi connectivity index (χ0n) is 7.70. The number of aliphatic hydroxyl groups is 1. The minimum absolute atomic E-state index is 0.0972. The van der Waals surface area contributed by atoms with Crippen molar-refractivity contribution in [2.45, 2.75) is 38.5 Å². The molecule has 0 saturated heterocycles. The van der Waals surface area contributed by atoms with Gasteiger partial charge in [-0.15, -0.1) is 0 Å². The van der Waals surface area contributed by atoms with Gasteiger partial charge in [0.1, 0.15) is 6.17 Å². The number of hydrogen-bond acceptors (Lipinski definition) is 3. The molecule has 76 valence electrons. The maximum Gasteiger partial charge on any atom is 0.309 e. The average Bonchev–Trinajstić information content (AvgIpc) is 2.10. The highest BCUT2D eigenvalue weighted by Gasteiger charge is 2.33. The first-order valence-electron chi connectivity index (χ1n) is 4.64. The minimum atomic E-state index is -1.27. The Morgan fingerprint density at radius 2 is 2.31 bits per heavy atom. The second-order valence-electron chi connectivity index (χ2n) is 3.35. The topological polar surface area (TPSA) is 46.5 Å². The predicted octanol–water partition coefficient (Wildman–Crippen LogP) is 1.05. The highest BCUT2D eigenvalue weighted by molar-refractivity contribution is 5.72. The van der Waals surface area contributed by atoms with Crippen LogP contribution in [0.3, 0.4) is 0 Å². The minimum Gasteiger partial charge on any atom is -0.466 e. The average molecular weight is 190 g/mol. The van der Waals surface area contributed by atoms with Crippen LogP contribution in [0.25, 0.3) is 0 Å². The van der Waals surface area contributed by atoms with Crippen LogP contribution in [0.1, 0.15) is 26.2 Å². The zero-order valence-corrected chi connectivity index (χ0v) is 7.70. The van der Waals surface area contributed by atoms with Gasteiger partial charge in [-0.25, -0.2) is 4.39 Å². The molecule has 0 aromatic heterocycles. The van der Waals surface area contributed by atoms with E-state index in [1.165, 1.54) is 0 Å². The van der Waals surface area contributed by atoms with Crippen molar-refractivity contribution in [2.75, 3.05) is 6.61 Å². The summed E-state index contributed by atoms with van der Waals surface area (Å²) in [7, 11) is 0. The van der Waals surface area contributed by atoms with Crippen molar-refractivity contribution in [1.29, 1.82) is 0 Å². The maximum atomic E-state index is 13.0. The summed E-state index contributed by atoms with van der Waals surface area (Å²) in [5, 5.41) is 9.08. The van der Waals surface area contributed by atoms with E-state index in [4.69, 9.17) is 9.84 Å². The van der Waals surface area contributed by atoms with E-state index in [0.29, 0.717) is 19.4 Å². The van der Waals surface area contributed by atoms with Crippen LogP contribution >= 0.6 is 0 Å². The van der Waals surface area contributed by atoms with E-state index in [0.717, 1.165) is 0 Å². The molecule has 0 unspecified atom stereocenters. The van der Waals surface area contributed by atoms with Crippen LogP contribution in [-0.4, -0.2) is 30.0 Å². The number of halogens is 1. The van der Waals surface area contributed by atoms with Crippen LogP contribution in [0, 0.1) is 5.92 Å². The quantitative estimate of drug-likeness (QED) is 0.662. The highest BCUT2D eigenvalue weighted by atomic mass is 19.1. The molecular weight excluding hydrogens is 175 g/mol. The monoisotopic (exact) mass is 190 g/mol. The smallest absolute Gasteiger partial charge is 0.309 e. The Hall–Kier alpha value is -0.640. The molecule has 0 aromatic carbocycles. The molecule has 4 heteroatoms. The highest BCUT2D eigenvalue weighted by Crippen LogP contribution is 2.27. The second-order valence-corrected chi connectivity index (χ2v) is 3.35. The van der Waals surface area contributed by atoms with Crippen molar-refractivity contribution >= 4 is 5.97 Å². The molecule has 1 rings (SSSR count). The van der Waals surface area contributed by atoms with Crippen LogP contribution in [-0.2, 0) is 9.53 Å². The van der Waals surface area contributed by atoms with Gasteiger partial charge in [-0.05, 0) is 26.2 Å². The number of carbonyl (C=O) groups is 1. The van der Waals surface area contributed by atoms with Crippen LogP contribution in [0.2, 0.25) is 0 Å². The van der Waals surface area contributed by atoms with Gasteiger partial charge in [0.25, 0.3) is 0 Å². The molecule has 0 spiro atoms. The van der Waals surface area contributed by atoms with Gasteiger partial charge in [-0.2, -0.15) is 0 Å². The van der Waals surface area contributed by atoms with Crippen LogP contribution in [0.4, 0.5) is 4.39 Å². The van der Waals surface area contributed by atoms with Crippen molar-refractivity contribution < 1.29 is 19.0 Å². The fourth-order valence-electron chi connectivity index (χ4n) is 1.57. The number of esters is 1. The summed E-state index contributed by atoms with van der Waals surface area (Å²) < 4.78 is 17.7. The van der Waals surface area contributed by atoms with Crippen molar-refractivity contribution in [3.8, 4) is 0 Å². The van der Waals surface area contributed by atoms with E-state index >= 15 is 0 Å². The third-order valence-corrected chi connectivity index (χ3v) is 2.36. The lowest BCUT2D eigenvalue weighted by Gasteiger charge is -2.26. The van der Waals surface area contributed by atoms with E-state index in [2.05, 4.69) is 0 Å². The Morgan fingerprint density at radius 3 is 2.85 bits per heavy atom. The molecule has 0 amide bonds. The molecule has 1 fully saturated rings. The molecule has 1 aliphatic carbocycles. The molecule has 0 aromatic rings. The standard InChI is InChI=1S/C9H15FO3/c1-2-13-9(12)6-3-4-8(11)7(10)5-6/h6-8,11H,2-5H2,1H3/t6-,7-,8-/m1/s1. The van der Waals surface area contributed by atoms with E-state index in [9.17, 15) is 9.18 Å². The lowest BCUT2D eigenvalue weighted by molar-refractivity contribution is -0.151. The molecular formula is C9H15FO3. The fourth-order valence-corrected chi connectivity index (χ4v) is 1.57. The lowest BCUT2D eigenvalue weighted by Crippen LogP contribution is -2.34. The van der Waals surface area contributed by atoms with E-state index in [1.807, 2.05) is 0 Å². The van der Waals surface area contributed by atoms with Crippen LogP contribution in [0.15, 0.2) is 0 Å². The molecule has 0 radical (unpaired) electrons. The van der Waals surface area contributed by atoms with Crippen molar-refractivity contribution in [3.63, 3.8) is 0 Å². The predicted molar refractivity (Wildman–Crippen MR) is 44.9 cm³/mol. The largest absolute Gasteiger partial charge is 0.466 e. The van der Waals surface area contributed by atoms with Gasteiger partial charge in [0.05, 0.1) is 18.6 Å². The molecule has 1 saturated carbocycles. The molecule has 0 aliphatic heterocycles. The van der Waals surface area contributed by atoms with Crippen molar-refractivity contribution in [3.05, 3.63) is 0 Å². The number of alkyl halides is 1. The fraction of sp³-hybridized carbons (Fsp3) is 0.889. The molecule has 3 nitrogen and oxygen atoms in total. The molecule has 13 heavy (non-hydrogen) atoms. The number of rotatable bonds is 2. The maximum absolute atomic E-state index is 13.0. The number of hydrogen-bond donors (Lipinski definition) is 1. The van der Waals surface area contributed by atoms with E-state index in [-0.39, 0.29) is 18.3 Å². The molecule has 3 atom stereocenters. The summed E-state index contributed by atoms with van der Waals surface area (Å²) >= 11 is 0. The summed E-state index contributed by atoms with van der Waals surface area (Å²) in [6.45, 7) is 2.05. The summed E-state index contributed by atoms with van der Waals surface area (Å²) in [5.74, 6) is -0.699. The van der Waals surface area contributed by atoms with Gasteiger partial charge >= 0.3 is 5.97 Å². The Labute approximate surface area is 76.9 Å². The van der Waals surface area contributed by atoms with E-state index in [1.54, 1.807) is 6.92 Å². The van der Waals surface area contributed by atoms with Crippen molar-refractivity contribution in [1.82, 2.24) is 0 Å². The first-order chi connectivity index (χ1) is 6.15. The van der Waals surface area contributed by atoms with Gasteiger partial charge in [0.15, 0.2) is 0 Å². The van der Waals surface area contributed by atoms with Gasteiger partial charge in [-0.3, -0.25) is 4.79 Å². The Balaban J connectivity index is 2.40. The molecule has 0 bridgehead atoms. The summed E-state index contributed by atoms with van der Waals surface area (Å²) in [6, 6.07) is 0. The normalized spacial score (nSPS) is 34.2. The second kappa shape index (κ2) is 4.56. The first kappa shape index (κ1) is 10.4. The number of carbonyl (C=O) groups excluding carboxylic acids is 1. The zero-order chi connectivity index (χ0) is 9.84. The molecule has 1 aliphatic rings. The van der Waals surface area contributed by atoms with Gasteiger partial charge in [0, 0.05) is 0 Å². The Morgan fingerprint density at radius 1 is 1.62 bits per heavy atom. The SMILES string of the molecule is CCOC(=O)[C@@H]1CC[C@@H](O)[C@H](F)C1. The Bertz CT molecular complexity index is 184. The van der Waals surface area contributed by atoms with Crippen molar-refractivity contribution in [2.24, 2.45) is 5.92 Å². The Kier molecular flexibility index (Phi) is 3.66. The lowest BCUT2D eigenvalue weighted by atomic mass is 9.86. The number of aliphatic hydroxyl groups excluding tert-OH is 1. The third kappa shape index (κ3) is 2.66. The summed E-state index contributed by atoms with van der Waals surface area (Å²) in [6.07, 6.45) is -1.20. The van der Waals surface area contributed by atoms with Gasteiger partial charge in [-0.1, -0.05) is 0 Å². The summed E-state index contributed by atoms with van der Waals surface area (Å²) in [4.78, 5) is 11.2. The molecule has 0 heterocycles. The van der Waals surface area contributed by atoms with Gasteiger partial charge in [0.2, 0.25) is 0 Å².